The van der Waals surface area contributed by atoms with E-state index in [4.69, 9.17) is 0 Å². The minimum absolute atomic E-state index is 0.0718. The van der Waals surface area contributed by atoms with Gasteiger partial charge in [-0.15, -0.1) is 0 Å². The van der Waals surface area contributed by atoms with Crippen LogP contribution in [0.25, 0.3) is 0 Å². The summed E-state index contributed by atoms with van der Waals surface area (Å²) in [6.45, 7) is 2.15. The van der Waals surface area contributed by atoms with Gasteiger partial charge in [0, 0.05) is 11.8 Å². The summed E-state index contributed by atoms with van der Waals surface area (Å²) in [6, 6.07) is 0. The molecule has 0 aromatic carbocycles. The van der Waals surface area contributed by atoms with Crippen LogP contribution in [0, 0.1) is 5.41 Å². The van der Waals surface area contributed by atoms with Crippen LogP contribution in [0.3, 0.4) is 0 Å². The zero-order valence-electron chi connectivity index (χ0n) is 7.73. The van der Waals surface area contributed by atoms with Gasteiger partial charge in [0.2, 0.25) is 0 Å². The Kier molecular flexibility index (Phi) is 1.82. The molecule has 2 aliphatic carbocycles. The van der Waals surface area contributed by atoms with E-state index in [1.165, 1.54) is 12.0 Å². The molecule has 0 aromatic heterocycles. The van der Waals surface area contributed by atoms with E-state index in [2.05, 4.69) is 13.0 Å². The lowest BCUT2D eigenvalue weighted by Gasteiger charge is -2.31. The normalized spacial score (nSPS) is 35.8. The lowest BCUT2D eigenvalue weighted by molar-refractivity contribution is -0.130. The molecule has 0 heterocycles. The molecule has 0 unspecified atom stereocenters. The summed E-state index contributed by atoms with van der Waals surface area (Å²) in [5.41, 5.74) is 1.49. The molecule has 0 amide bonds. The first-order valence-electron chi connectivity index (χ1n) is 4.92. The molecule has 0 aliphatic heterocycles. The van der Waals surface area contributed by atoms with Crippen molar-refractivity contribution in [2.24, 2.45) is 5.41 Å². The van der Waals surface area contributed by atoms with Gasteiger partial charge in [-0.05, 0) is 32.6 Å². The van der Waals surface area contributed by atoms with Crippen LogP contribution >= 0.6 is 0 Å². The highest BCUT2D eigenvalue weighted by atomic mass is 16.1. The summed E-state index contributed by atoms with van der Waals surface area (Å²) in [4.78, 5) is 11.7. The van der Waals surface area contributed by atoms with Crippen LogP contribution in [0.2, 0.25) is 0 Å². The zero-order valence-corrected chi connectivity index (χ0v) is 7.73. The molecule has 0 aromatic rings. The van der Waals surface area contributed by atoms with Gasteiger partial charge < -0.3 is 0 Å². The van der Waals surface area contributed by atoms with Crippen molar-refractivity contribution in [3.05, 3.63) is 11.6 Å². The van der Waals surface area contributed by atoms with E-state index in [1.54, 1.807) is 0 Å². The number of allylic oxidation sites excluding steroid dienone is 2. The van der Waals surface area contributed by atoms with E-state index in [9.17, 15) is 4.79 Å². The van der Waals surface area contributed by atoms with Gasteiger partial charge in [0.15, 0.2) is 0 Å². The van der Waals surface area contributed by atoms with Crippen LogP contribution in [-0.4, -0.2) is 5.78 Å². The van der Waals surface area contributed by atoms with Crippen molar-refractivity contribution < 1.29 is 4.79 Å². The van der Waals surface area contributed by atoms with Crippen molar-refractivity contribution in [3.8, 4) is 0 Å². The third-order valence-corrected chi connectivity index (χ3v) is 3.36. The number of hydrogen-bond donors (Lipinski definition) is 0. The molecule has 2 aliphatic rings. The third-order valence-electron chi connectivity index (χ3n) is 3.36. The lowest BCUT2D eigenvalue weighted by Crippen LogP contribution is -2.31. The highest BCUT2D eigenvalue weighted by Gasteiger charge is 2.41. The smallest absolute Gasteiger partial charge is 0.139 e. The first-order valence-corrected chi connectivity index (χ1v) is 4.92. The maximum Gasteiger partial charge on any atom is 0.139 e. The fourth-order valence-corrected chi connectivity index (χ4v) is 2.60. The minimum atomic E-state index is 0.0718. The molecule has 1 saturated carbocycles. The molecular weight excluding hydrogens is 148 g/mol. The second kappa shape index (κ2) is 2.72. The van der Waals surface area contributed by atoms with Gasteiger partial charge >= 0.3 is 0 Å². The summed E-state index contributed by atoms with van der Waals surface area (Å²) in [5.74, 6) is 0.529. The lowest BCUT2D eigenvalue weighted by atomic mass is 9.71. The van der Waals surface area contributed by atoms with E-state index < -0.39 is 0 Å². The average molecular weight is 164 g/mol. The van der Waals surface area contributed by atoms with Crippen LogP contribution in [0.4, 0.5) is 0 Å². The van der Waals surface area contributed by atoms with E-state index in [0.717, 1.165) is 32.1 Å². The number of Topliss-reactive ketones (excluding diaryl/α,β-unsaturated/α-hetero) is 1. The molecule has 1 nitrogen and oxygen atoms in total. The number of rotatable bonds is 0. The molecule has 1 heteroatoms. The Labute approximate surface area is 73.8 Å². The number of carbonyl (C=O) groups is 1. The van der Waals surface area contributed by atoms with E-state index in [-0.39, 0.29) is 5.41 Å². The van der Waals surface area contributed by atoms with Crippen LogP contribution in [0.5, 0.6) is 0 Å². The zero-order chi connectivity index (χ0) is 8.60. The van der Waals surface area contributed by atoms with Crippen LogP contribution in [-0.2, 0) is 4.79 Å². The fraction of sp³-hybridized carbons (Fsp3) is 0.727. The Morgan fingerprint density at radius 2 is 2.25 bits per heavy atom. The first-order chi connectivity index (χ1) is 5.73. The minimum Gasteiger partial charge on any atom is -0.299 e. The van der Waals surface area contributed by atoms with E-state index in [1.807, 2.05) is 0 Å². The Balaban J connectivity index is 2.15. The quantitative estimate of drug-likeness (QED) is 0.503. The third kappa shape index (κ3) is 1.12. The Hall–Kier alpha value is -0.590. The molecular formula is C11H16O. The maximum atomic E-state index is 11.7. The van der Waals surface area contributed by atoms with Gasteiger partial charge in [-0.25, -0.2) is 0 Å². The van der Waals surface area contributed by atoms with Gasteiger partial charge in [-0.1, -0.05) is 18.1 Å². The Morgan fingerprint density at radius 3 is 2.83 bits per heavy atom. The molecule has 1 atom stereocenters. The Morgan fingerprint density at radius 1 is 1.42 bits per heavy atom. The average Bonchev–Trinajstić information content (AvgIpc) is 2.41. The largest absolute Gasteiger partial charge is 0.299 e. The Bertz CT molecular complexity index is 239. The fourth-order valence-electron chi connectivity index (χ4n) is 2.60. The van der Waals surface area contributed by atoms with Crippen molar-refractivity contribution in [3.63, 3.8) is 0 Å². The highest BCUT2D eigenvalue weighted by Crippen LogP contribution is 2.45. The van der Waals surface area contributed by atoms with Crippen molar-refractivity contribution in [2.75, 3.05) is 0 Å². The van der Waals surface area contributed by atoms with E-state index >= 15 is 0 Å². The summed E-state index contributed by atoms with van der Waals surface area (Å²) in [7, 11) is 0. The van der Waals surface area contributed by atoms with Gasteiger partial charge in [-0.2, -0.15) is 0 Å². The summed E-state index contributed by atoms with van der Waals surface area (Å²) in [5, 5.41) is 0. The summed E-state index contributed by atoms with van der Waals surface area (Å²) < 4.78 is 0. The van der Waals surface area contributed by atoms with Gasteiger partial charge in [0.25, 0.3) is 0 Å². The molecule has 0 bridgehead atoms. The molecule has 0 radical (unpaired) electrons. The predicted octanol–water partition coefficient (Wildman–Crippen LogP) is 2.86. The van der Waals surface area contributed by atoms with Crippen LogP contribution in [0.15, 0.2) is 11.6 Å². The molecule has 2 rings (SSSR count). The van der Waals surface area contributed by atoms with Gasteiger partial charge in [0.05, 0.1) is 0 Å². The standard InChI is InChI=1S/C11H16O/c1-9-5-7-11(8-9)6-3-2-4-10(11)12/h5H,2-4,6-8H2,1H3/t11-/m1/s1. The van der Waals surface area contributed by atoms with Crippen molar-refractivity contribution in [1.29, 1.82) is 0 Å². The van der Waals surface area contributed by atoms with Crippen LogP contribution < -0.4 is 0 Å². The molecule has 1 spiro atoms. The summed E-state index contributed by atoms with van der Waals surface area (Å²) in [6.07, 6.45) is 8.68. The van der Waals surface area contributed by atoms with Crippen LogP contribution in [0.1, 0.15) is 45.4 Å². The van der Waals surface area contributed by atoms with E-state index in [0.29, 0.717) is 5.78 Å². The van der Waals surface area contributed by atoms with Gasteiger partial charge in [-0.3, -0.25) is 4.79 Å². The number of hydrogen-bond acceptors (Lipinski definition) is 1. The highest BCUT2D eigenvalue weighted by molar-refractivity contribution is 5.86. The van der Waals surface area contributed by atoms with Crippen molar-refractivity contribution >= 4 is 5.78 Å². The van der Waals surface area contributed by atoms with Crippen molar-refractivity contribution in [2.45, 2.75) is 45.4 Å². The molecule has 0 N–H and O–H groups in total. The molecule has 0 saturated heterocycles. The van der Waals surface area contributed by atoms with Crippen molar-refractivity contribution in [1.82, 2.24) is 0 Å². The summed E-state index contributed by atoms with van der Waals surface area (Å²) >= 11 is 0. The number of ketones is 1. The number of carbonyl (C=O) groups excluding carboxylic acids is 1. The molecule has 12 heavy (non-hydrogen) atoms. The van der Waals surface area contributed by atoms with Gasteiger partial charge in [0.1, 0.15) is 5.78 Å². The maximum absolute atomic E-state index is 11.7. The monoisotopic (exact) mass is 164 g/mol. The first kappa shape index (κ1) is 8.03. The second-order valence-electron chi connectivity index (χ2n) is 4.34. The SMILES string of the molecule is CC1=CC[C@]2(CCCCC2=O)C1. The predicted molar refractivity (Wildman–Crippen MR) is 48.9 cm³/mol. The molecule has 1 fully saturated rings. The molecule has 66 valence electrons. The topological polar surface area (TPSA) is 17.1 Å². The second-order valence-corrected chi connectivity index (χ2v) is 4.34.